The summed E-state index contributed by atoms with van der Waals surface area (Å²) in [5, 5.41) is 0. The van der Waals surface area contributed by atoms with Crippen molar-refractivity contribution in [1.29, 1.82) is 0 Å². The summed E-state index contributed by atoms with van der Waals surface area (Å²) in [4.78, 5) is 23.5. The Kier molecular flexibility index (Phi) is 4.30. The maximum absolute atomic E-state index is 11.9. The van der Waals surface area contributed by atoms with E-state index in [0.717, 1.165) is 10.1 Å². The predicted octanol–water partition coefficient (Wildman–Crippen LogP) is 1.20. The Labute approximate surface area is 110 Å². The molecule has 19 heavy (non-hydrogen) atoms. The van der Waals surface area contributed by atoms with Crippen molar-refractivity contribution in [3.63, 3.8) is 0 Å². The normalized spacial score (nSPS) is 10.6. The van der Waals surface area contributed by atoms with Crippen LogP contribution in [0, 0.1) is 0 Å². The minimum atomic E-state index is -0.345. The monoisotopic (exact) mass is 260 g/mol. The van der Waals surface area contributed by atoms with E-state index < -0.39 is 0 Å². The number of aryl methyl sites for hydroxylation is 1. The second kappa shape index (κ2) is 6.15. The van der Waals surface area contributed by atoms with Crippen molar-refractivity contribution in [2.75, 3.05) is 0 Å². The highest BCUT2D eigenvalue weighted by Crippen LogP contribution is 2.00. The molecule has 1 aromatic carbocycles. The molecule has 0 N–H and O–H groups in total. The third-order valence-corrected chi connectivity index (χ3v) is 2.81. The van der Waals surface area contributed by atoms with E-state index in [1.54, 1.807) is 0 Å². The molecule has 1 heterocycles. The van der Waals surface area contributed by atoms with Crippen LogP contribution < -0.4 is 11.2 Å². The van der Waals surface area contributed by atoms with Gasteiger partial charge in [-0.3, -0.25) is 4.79 Å². The lowest BCUT2D eigenvalue weighted by Gasteiger charge is -2.08. The fourth-order valence-corrected chi connectivity index (χ4v) is 1.75. The van der Waals surface area contributed by atoms with Gasteiger partial charge in [-0.25, -0.2) is 9.36 Å². The Morgan fingerprint density at radius 3 is 2.53 bits per heavy atom. The zero-order valence-corrected chi connectivity index (χ0v) is 10.8. The topological polar surface area (TPSA) is 53.2 Å². The van der Waals surface area contributed by atoms with Crippen LogP contribution in [0.4, 0.5) is 0 Å². The van der Waals surface area contributed by atoms with Crippen LogP contribution in [0.2, 0.25) is 0 Å². The SMILES string of the molecule is CCn1ccc(=O)n(COCc2ccccc2)c1=O. The molecule has 0 aliphatic carbocycles. The summed E-state index contributed by atoms with van der Waals surface area (Å²) >= 11 is 0. The molecule has 0 atom stereocenters. The van der Waals surface area contributed by atoms with Crippen molar-refractivity contribution < 1.29 is 4.74 Å². The summed E-state index contributed by atoms with van der Waals surface area (Å²) in [6.45, 7) is 2.71. The molecule has 2 aromatic rings. The van der Waals surface area contributed by atoms with E-state index in [-0.39, 0.29) is 18.0 Å². The number of hydrogen-bond acceptors (Lipinski definition) is 3. The Morgan fingerprint density at radius 2 is 1.84 bits per heavy atom. The summed E-state index contributed by atoms with van der Waals surface area (Å²) in [5.41, 5.74) is 0.313. The van der Waals surface area contributed by atoms with Gasteiger partial charge in [-0.05, 0) is 12.5 Å². The molecule has 5 nitrogen and oxygen atoms in total. The Bertz CT molecular complexity index is 644. The third kappa shape index (κ3) is 3.20. The molecule has 100 valence electrons. The second-order valence-corrected chi connectivity index (χ2v) is 4.11. The van der Waals surface area contributed by atoms with Crippen molar-refractivity contribution in [2.24, 2.45) is 0 Å². The number of aromatic nitrogens is 2. The average molecular weight is 260 g/mol. The molecular weight excluding hydrogens is 244 g/mol. The first-order chi connectivity index (χ1) is 9.22. The molecule has 0 saturated carbocycles. The standard InChI is InChI=1S/C14H16N2O3/c1-2-15-9-8-13(17)16(14(15)18)11-19-10-12-6-4-3-5-7-12/h3-9H,2,10-11H2,1H3. The highest BCUT2D eigenvalue weighted by atomic mass is 16.5. The minimum Gasteiger partial charge on any atom is -0.356 e. The van der Waals surface area contributed by atoms with Crippen LogP contribution in [0.25, 0.3) is 0 Å². The lowest BCUT2D eigenvalue weighted by Crippen LogP contribution is -2.39. The molecule has 1 aromatic heterocycles. The van der Waals surface area contributed by atoms with E-state index in [4.69, 9.17) is 4.74 Å². The van der Waals surface area contributed by atoms with Gasteiger partial charge >= 0.3 is 5.69 Å². The van der Waals surface area contributed by atoms with Crippen LogP contribution in [-0.2, 0) is 24.6 Å². The third-order valence-electron chi connectivity index (χ3n) is 2.81. The number of ether oxygens (including phenoxy) is 1. The van der Waals surface area contributed by atoms with E-state index in [2.05, 4.69) is 0 Å². The smallest absolute Gasteiger partial charge is 0.332 e. The van der Waals surface area contributed by atoms with E-state index >= 15 is 0 Å². The molecule has 0 aliphatic rings. The number of rotatable bonds is 5. The van der Waals surface area contributed by atoms with Gasteiger partial charge in [0.05, 0.1) is 6.61 Å². The molecule has 5 heteroatoms. The summed E-state index contributed by atoms with van der Waals surface area (Å²) < 4.78 is 7.97. The highest BCUT2D eigenvalue weighted by molar-refractivity contribution is 5.13. The lowest BCUT2D eigenvalue weighted by atomic mass is 10.2. The van der Waals surface area contributed by atoms with Crippen molar-refractivity contribution in [3.8, 4) is 0 Å². The maximum Gasteiger partial charge on any atom is 0.332 e. The van der Waals surface area contributed by atoms with E-state index in [1.807, 2.05) is 37.3 Å². The number of hydrogen-bond donors (Lipinski definition) is 0. The van der Waals surface area contributed by atoms with Crippen LogP contribution in [0.5, 0.6) is 0 Å². The van der Waals surface area contributed by atoms with Crippen molar-refractivity contribution in [2.45, 2.75) is 26.8 Å². The quantitative estimate of drug-likeness (QED) is 0.811. The van der Waals surface area contributed by atoms with Gasteiger partial charge in [0, 0.05) is 18.8 Å². The first-order valence-electron chi connectivity index (χ1n) is 6.14. The van der Waals surface area contributed by atoms with Gasteiger partial charge in [-0.1, -0.05) is 30.3 Å². The van der Waals surface area contributed by atoms with E-state index in [9.17, 15) is 9.59 Å². The van der Waals surface area contributed by atoms with Crippen LogP contribution >= 0.6 is 0 Å². The first kappa shape index (κ1) is 13.3. The Balaban J connectivity index is 2.08. The molecule has 2 rings (SSSR count). The molecule has 0 bridgehead atoms. The highest BCUT2D eigenvalue weighted by Gasteiger charge is 2.03. The molecule has 0 radical (unpaired) electrons. The van der Waals surface area contributed by atoms with E-state index in [1.165, 1.54) is 16.8 Å². The van der Waals surface area contributed by atoms with Crippen LogP contribution in [0.3, 0.4) is 0 Å². The number of nitrogens with zero attached hydrogens (tertiary/aromatic N) is 2. The van der Waals surface area contributed by atoms with Crippen LogP contribution in [0.1, 0.15) is 12.5 Å². The van der Waals surface area contributed by atoms with Gasteiger partial charge in [0.2, 0.25) is 0 Å². The summed E-state index contributed by atoms with van der Waals surface area (Å²) in [6, 6.07) is 11.0. The van der Waals surface area contributed by atoms with Gasteiger partial charge < -0.3 is 9.30 Å². The van der Waals surface area contributed by atoms with Gasteiger partial charge in [0.15, 0.2) is 0 Å². The summed E-state index contributed by atoms with van der Waals surface area (Å²) in [6.07, 6.45) is 1.50. The van der Waals surface area contributed by atoms with Crippen molar-refractivity contribution >= 4 is 0 Å². The lowest BCUT2D eigenvalue weighted by molar-refractivity contribution is 0.0579. The number of benzene rings is 1. The molecule has 0 saturated heterocycles. The first-order valence-corrected chi connectivity index (χ1v) is 6.14. The zero-order chi connectivity index (χ0) is 13.7. The van der Waals surface area contributed by atoms with Crippen molar-refractivity contribution in [3.05, 3.63) is 69.0 Å². The van der Waals surface area contributed by atoms with Gasteiger partial charge in [0.25, 0.3) is 5.56 Å². The van der Waals surface area contributed by atoms with Gasteiger partial charge in [0.1, 0.15) is 6.73 Å². The van der Waals surface area contributed by atoms with Gasteiger partial charge in [-0.2, -0.15) is 0 Å². The molecular formula is C14H16N2O3. The fourth-order valence-electron chi connectivity index (χ4n) is 1.75. The van der Waals surface area contributed by atoms with Crippen LogP contribution in [-0.4, -0.2) is 9.13 Å². The van der Waals surface area contributed by atoms with Crippen molar-refractivity contribution in [1.82, 2.24) is 9.13 Å². The molecule has 0 aliphatic heterocycles. The average Bonchev–Trinajstić information content (AvgIpc) is 2.44. The largest absolute Gasteiger partial charge is 0.356 e. The minimum absolute atomic E-state index is 0.0343. The maximum atomic E-state index is 11.9. The van der Waals surface area contributed by atoms with Gasteiger partial charge in [-0.15, -0.1) is 0 Å². The van der Waals surface area contributed by atoms with E-state index in [0.29, 0.717) is 13.2 Å². The molecule has 0 unspecified atom stereocenters. The Hall–Kier alpha value is -2.14. The van der Waals surface area contributed by atoms with Crippen LogP contribution in [0.15, 0.2) is 52.2 Å². The summed E-state index contributed by atoms with van der Waals surface area (Å²) in [7, 11) is 0. The predicted molar refractivity (Wildman–Crippen MR) is 71.9 cm³/mol. The zero-order valence-electron chi connectivity index (χ0n) is 10.8. The fraction of sp³-hybridized carbons (Fsp3) is 0.286. The second-order valence-electron chi connectivity index (χ2n) is 4.11. The molecule has 0 fully saturated rings. The molecule has 0 amide bonds. The Morgan fingerprint density at radius 1 is 1.11 bits per heavy atom. The molecule has 0 spiro atoms. The summed E-state index contributed by atoms with van der Waals surface area (Å²) in [5.74, 6) is 0.